The fraction of sp³-hybridized carbons (Fsp3) is 0.346. The molecular formula is C26H29N3O5S. The van der Waals surface area contributed by atoms with E-state index in [1.165, 1.54) is 18.3 Å². The molecule has 0 bridgehead atoms. The third-order valence-corrected chi connectivity index (χ3v) is 7.37. The van der Waals surface area contributed by atoms with E-state index in [0.717, 1.165) is 28.8 Å². The molecule has 0 saturated carbocycles. The lowest BCUT2D eigenvalue weighted by Gasteiger charge is -2.33. The predicted octanol–water partition coefficient (Wildman–Crippen LogP) is 4.71. The molecule has 3 aromatic rings. The maximum atomic E-state index is 13.3. The highest BCUT2D eigenvalue weighted by atomic mass is 32.2. The van der Waals surface area contributed by atoms with Gasteiger partial charge >= 0.3 is 6.09 Å². The third kappa shape index (κ3) is 5.45. The molecule has 0 radical (unpaired) electrons. The number of amides is 1. The van der Waals surface area contributed by atoms with Gasteiger partial charge in [-0.25, -0.2) is 4.79 Å². The largest absolute Gasteiger partial charge is 0.444 e. The number of ether oxygens (including phenoxy) is 1. The minimum Gasteiger partial charge on any atom is -0.444 e. The van der Waals surface area contributed by atoms with Crippen molar-refractivity contribution in [1.29, 1.82) is 0 Å². The Morgan fingerprint density at radius 2 is 1.77 bits per heavy atom. The SMILES string of the molecule is CC(C)(C)OC(=O)N1CCC[C@@H](c2nn(S(=O)(=O)c3ccccc3)cc2-c2ccc(C=O)cc2)C1. The second-order valence-electron chi connectivity index (χ2n) is 9.62. The normalized spacial score (nSPS) is 16.7. The van der Waals surface area contributed by atoms with Gasteiger partial charge in [-0.1, -0.05) is 42.5 Å². The van der Waals surface area contributed by atoms with Crippen LogP contribution >= 0.6 is 0 Å². The van der Waals surface area contributed by atoms with Gasteiger partial charge in [-0.2, -0.15) is 17.6 Å². The highest BCUT2D eigenvalue weighted by molar-refractivity contribution is 7.89. The Kier molecular flexibility index (Phi) is 6.80. The number of carbonyl (C=O) groups is 2. The highest BCUT2D eigenvalue weighted by Gasteiger charge is 2.32. The summed E-state index contributed by atoms with van der Waals surface area (Å²) in [6.45, 7) is 6.41. The number of likely N-dealkylation sites (tertiary alicyclic amines) is 1. The number of benzene rings is 2. The molecule has 1 saturated heterocycles. The number of rotatable bonds is 5. The Morgan fingerprint density at radius 3 is 2.40 bits per heavy atom. The van der Waals surface area contributed by atoms with E-state index in [0.29, 0.717) is 29.9 Å². The molecule has 1 amide bonds. The summed E-state index contributed by atoms with van der Waals surface area (Å²) in [6.07, 6.45) is 3.37. The summed E-state index contributed by atoms with van der Waals surface area (Å²) in [7, 11) is -3.91. The summed E-state index contributed by atoms with van der Waals surface area (Å²) in [6, 6.07) is 15.1. The maximum absolute atomic E-state index is 13.3. The second kappa shape index (κ2) is 9.65. The van der Waals surface area contributed by atoms with Crippen molar-refractivity contribution in [1.82, 2.24) is 14.1 Å². The number of aldehydes is 1. The molecule has 9 heteroatoms. The van der Waals surface area contributed by atoms with Crippen LogP contribution in [-0.4, -0.2) is 53.6 Å². The zero-order chi connectivity index (χ0) is 25.2. The van der Waals surface area contributed by atoms with Gasteiger partial charge < -0.3 is 9.64 Å². The van der Waals surface area contributed by atoms with Gasteiger partial charge in [-0.05, 0) is 51.3 Å². The average Bonchev–Trinajstić information content (AvgIpc) is 3.30. The number of aromatic nitrogens is 2. The topological polar surface area (TPSA) is 98.6 Å². The van der Waals surface area contributed by atoms with Gasteiger partial charge in [-0.3, -0.25) is 4.79 Å². The van der Waals surface area contributed by atoms with E-state index in [2.05, 4.69) is 5.10 Å². The summed E-state index contributed by atoms with van der Waals surface area (Å²) in [5, 5.41) is 4.55. The molecule has 1 aliphatic heterocycles. The van der Waals surface area contributed by atoms with Crippen LogP contribution in [-0.2, 0) is 14.8 Å². The molecular weight excluding hydrogens is 466 g/mol. The molecule has 2 heterocycles. The van der Waals surface area contributed by atoms with Crippen molar-refractivity contribution in [3.63, 3.8) is 0 Å². The van der Waals surface area contributed by atoms with Crippen molar-refractivity contribution in [2.24, 2.45) is 0 Å². The van der Waals surface area contributed by atoms with Crippen LogP contribution in [0.25, 0.3) is 11.1 Å². The maximum Gasteiger partial charge on any atom is 0.410 e. The first-order valence-electron chi connectivity index (χ1n) is 11.5. The molecule has 1 aliphatic rings. The fourth-order valence-corrected chi connectivity index (χ4v) is 5.30. The molecule has 4 rings (SSSR count). The third-order valence-electron chi connectivity index (χ3n) is 5.83. The van der Waals surface area contributed by atoms with E-state index >= 15 is 0 Å². The van der Waals surface area contributed by atoms with Gasteiger partial charge in [0.05, 0.1) is 16.8 Å². The summed E-state index contributed by atoms with van der Waals surface area (Å²) in [5.74, 6) is -0.177. The van der Waals surface area contributed by atoms with E-state index in [-0.39, 0.29) is 10.8 Å². The van der Waals surface area contributed by atoms with E-state index in [4.69, 9.17) is 4.74 Å². The van der Waals surface area contributed by atoms with Crippen LogP contribution < -0.4 is 0 Å². The number of carbonyl (C=O) groups excluding carboxylic acids is 2. The first-order chi connectivity index (χ1) is 16.6. The quantitative estimate of drug-likeness (QED) is 0.475. The summed E-state index contributed by atoms with van der Waals surface area (Å²) < 4.78 is 33.2. The zero-order valence-corrected chi connectivity index (χ0v) is 20.9. The van der Waals surface area contributed by atoms with Gasteiger partial charge in [0.15, 0.2) is 0 Å². The second-order valence-corrected chi connectivity index (χ2v) is 11.4. The first kappa shape index (κ1) is 24.7. The highest BCUT2D eigenvalue weighted by Crippen LogP contribution is 2.35. The lowest BCUT2D eigenvalue weighted by molar-refractivity contribution is 0.0197. The van der Waals surface area contributed by atoms with E-state index < -0.39 is 21.7 Å². The fourth-order valence-electron chi connectivity index (χ4n) is 4.15. The monoisotopic (exact) mass is 495 g/mol. The first-order valence-corrected chi connectivity index (χ1v) is 13.0. The van der Waals surface area contributed by atoms with E-state index in [9.17, 15) is 18.0 Å². The van der Waals surface area contributed by atoms with Crippen LogP contribution in [0.15, 0.2) is 65.7 Å². The standard InChI is InChI=1S/C26H29N3O5S/c1-26(2,3)34-25(31)28-15-7-8-21(16-28)24-23(20-13-11-19(18-30)12-14-20)17-29(27-24)35(32,33)22-9-5-4-6-10-22/h4-6,9-14,17-18,21H,7-8,15-16H2,1-3H3/t21-/m1/s1. The van der Waals surface area contributed by atoms with E-state index in [1.54, 1.807) is 47.4 Å². The van der Waals surface area contributed by atoms with Crippen molar-refractivity contribution in [3.05, 3.63) is 72.1 Å². The molecule has 0 spiro atoms. The smallest absolute Gasteiger partial charge is 0.410 e. The van der Waals surface area contributed by atoms with E-state index in [1.807, 2.05) is 20.8 Å². The van der Waals surface area contributed by atoms with Crippen LogP contribution in [0.4, 0.5) is 4.79 Å². The summed E-state index contributed by atoms with van der Waals surface area (Å²) >= 11 is 0. The van der Waals surface area contributed by atoms with Crippen LogP contribution in [0.3, 0.4) is 0 Å². The van der Waals surface area contributed by atoms with Crippen molar-refractivity contribution in [2.45, 2.75) is 50.0 Å². The summed E-state index contributed by atoms with van der Waals surface area (Å²) in [4.78, 5) is 25.6. The Hall–Kier alpha value is -3.46. The molecule has 1 fully saturated rings. The Labute approximate surface area is 205 Å². The van der Waals surface area contributed by atoms with Crippen molar-refractivity contribution >= 4 is 22.4 Å². The minimum absolute atomic E-state index is 0.135. The van der Waals surface area contributed by atoms with Gasteiger partial charge in [0.2, 0.25) is 0 Å². The molecule has 1 aromatic heterocycles. The summed E-state index contributed by atoms with van der Waals surface area (Å²) in [5.41, 5.74) is 1.90. The average molecular weight is 496 g/mol. The van der Waals surface area contributed by atoms with Crippen LogP contribution in [0, 0.1) is 0 Å². The van der Waals surface area contributed by atoms with Crippen LogP contribution in [0.2, 0.25) is 0 Å². The van der Waals surface area contributed by atoms with Crippen LogP contribution in [0.5, 0.6) is 0 Å². The van der Waals surface area contributed by atoms with Gasteiger partial charge in [-0.15, -0.1) is 0 Å². The van der Waals surface area contributed by atoms with Crippen molar-refractivity contribution < 1.29 is 22.7 Å². The Morgan fingerprint density at radius 1 is 1.09 bits per heavy atom. The van der Waals surface area contributed by atoms with Crippen LogP contribution in [0.1, 0.15) is 55.6 Å². The number of hydrogen-bond donors (Lipinski definition) is 0. The molecule has 0 unspecified atom stereocenters. The molecule has 0 aliphatic carbocycles. The Balaban J connectivity index is 1.74. The minimum atomic E-state index is -3.91. The van der Waals surface area contributed by atoms with Crippen molar-refractivity contribution in [2.75, 3.05) is 13.1 Å². The number of hydrogen-bond acceptors (Lipinski definition) is 6. The van der Waals surface area contributed by atoms with Gasteiger partial charge in [0.25, 0.3) is 10.0 Å². The Bertz CT molecular complexity index is 1310. The number of piperidine rings is 1. The lowest BCUT2D eigenvalue weighted by atomic mass is 9.90. The predicted molar refractivity (Wildman–Crippen MR) is 132 cm³/mol. The molecule has 2 aromatic carbocycles. The molecule has 184 valence electrons. The molecule has 8 nitrogen and oxygen atoms in total. The zero-order valence-electron chi connectivity index (χ0n) is 20.0. The van der Waals surface area contributed by atoms with Crippen molar-refractivity contribution in [3.8, 4) is 11.1 Å². The van der Waals surface area contributed by atoms with Gasteiger partial charge in [0, 0.05) is 30.1 Å². The molecule has 35 heavy (non-hydrogen) atoms. The molecule has 1 atom stereocenters. The lowest BCUT2D eigenvalue weighted by Crippen LogP contribution is -2.42. The van der Waals surface area contributed by atoms with Gasteiger partial charge in [0.1, 0.15) is 11.9 Å². The number of nitrogens with zero attached hydrogens (tertiary/aromatic N) is 3. The molecule has 0 N–H and O–H groups in total.